The van der Waals surface area contributed by atoms with Crippen LogP contribution in [0.3, 0.4) is 0 Å². The SMILES string of the molecule is CC(=O)NC(I)c1cc(F)c(C)cc1C1CCN(C(=O)C2CN(C(C)(C)C)CC2c2ccc(Cl)cc2F)CC1. The maximum Gasteiger partial charge on any atom is 0.227 e. The van der Waals surface area contributed by atoms with Crippen LogP contribution in [0.5, 0.6) is 0 Å². The van der Waals surface area contributed by atoms with E-state index in [0.717, 1.165) is 24.0 Å². The number of piperidine rings is 1. The van der Waals surface area contributed by atoms with Crippen molar-refractivity contribution >= 4 is 46.0 Å². The molecular formula is C30H37ClF2IN3O2. The zero-order valence-electron chi connectivity index (χ0n) is 23.2. The Bertz CT molecular complexity index is 1240. The first-order chi connectivity index (χ1) is 18.3. The minimum absolute atomic E-state index is 0.0556. The van der Waals surface area contributed by atoms with E-state index in [4.69, 9.17) is 11.6 Å². The fourth-order valence-electron chi connectivity index (χ4n) is 5.91. The lowest BCUT2D eigenvalue weighted by atomic mass is 9.83. The van der Waals surface area contributed by atoms with Crippen molar-refractivity contribution in [2.24, 2.45) is 5.92 Å². The molecule has 2 amide bonds. The molecule has 2 saturated heterocycles. The number of carbonyl (C=O) groups excluding carboxylic acids is 2. The molecule has 3 unspecified atom stereocenters. The number of nitrogens with one attached hydrogen (secondary N) is 1. The highest BCUT2D eigenvalue weighted by Gasteiger charge is 2.44. The van der Waals surface area contributed by atoms with Crippen molar-refractivity contribution in [3.8, 4) is 0 Å². The minimum atomic E-state index is -0.369. The average molecular weight is 672 g/mol. The number of aryl methyl sites for hydroxylation is 1. The largest absolute Gasteiger partial charge is 0.342 e. The molecule has 2 aliphatic heterocycles. The number of benzene rings is 2. The standard InChI is InChI=1S/C30H37ClF2IN3O2/c1-17-12-22(23(14-26(17)32)28(34)35-18(2)38)19-8-10-36(11-9-19)29(39)25-16-37(30(3,4)5)15-24(25)21-7-6-20(31)13-27(21)33/h6-7,12-14,19,24-25,28H,8-11,15-16H2,1-5H3,(H,35,38). The first-order valence-electron chi connectivity index (χ1n) is 13.5. The number of alkyl halides is 1. The first-order valence-corrected chi connectivity index (χ1v) is 15.1. The Morgan fingerprint density at radius 3 is 2.31 bits per heavy atom. The summed E-state index contributed by atoms with van der Waals surface area (Å²) in [5.41, 5.74) is 2.75. The van der Waals surface area contributed by atoms with Crippen molar-refractivity contribution in [3.05, 3.63) is 69.2 Å². The minimum Gasteiger partial charge on any atom is -0.342 e. The Labute approximate surface area is 248 Å². The third kappa shape index (κ3) is 6.76. The molecule has 212 valence electrons. The summed E-state index contributed by atoms with van der Waals surface area (Å²) in [6, 6.07) is 8.15. The molecular weight excluding hydrogens is 635 g/mol. The number of hydrogen-bond donors (Lipinski definition) is 1. The van der Waals surface area contributed by atoms with E-state index in [2.05, 4.69) is 53.6 Å². The van der Waals surface area contributed by atoms with Gasteiger partial charge in [-0.1, -0.05) is 46.3 Å². The van der Waals surface area contributed by atoms with Gasteiger partial charge in [0.1, 0.15) is 15.7 Å². The summed E-state index contributed by atoms with van der Waals surface area (Å²) in [4.78, 5) is 29.8. The number of likely N-dealkylation sites (tertiary alicyclic amines) is 2. The van der Waals surface area contributed by atoms with Crippen molar-refractivity contribution in [1.82, 2.24) is 15.1 Å². The topological polar surface area (TPSA) is 52.7 Å². The second-order valence-electron chi connectivity index (χ2n) is 11.8. The van der Waals surface area contributed by atoms with E-state index in [1.165, 1.54) is 19.1 Å². The van der Waals surface area contributed by atoms with Gasteiger partial charge in [-0.15, -0.1) is 0 Å². The van der Waals surface area contributed by atoms with Crippen molar-refractivity contribution in [2.45, 2.75) is 68.9 Å². The van der Waals surface area contributed by atoms with Crippen LogP contribution in [0.25, 0.3) is 0 Å². The van der Waals surface area contributed by atoms with Gasteiger partial charge in [0.25, 0.3) is 0 Å². The first kappa shape index (κ1) is 30.2. The van der Waals surface area contributed by atoms with E-state index >= 15 is 4.39 Å². The van der Waals surface area contributed by atoms with Crippen molar-refractivity contribution in [2.75, 3.05) is 26.2 Å². The number of nitrogens with zero attached hydrogens (tertiary/aromatic N) is 2. The van der Waals surface area contributed by atoms with Gasteiger partial charge in [-0.2, -0.15) is 0 Å². The highest BCUT2D eigenvalue weighted by atomic mass is 127. The van der Waals surface area contributed by atoms with E-state index < -0.39 is 0 Å². The summed E-state index contributed by atoms with van der Waals surface area (Å²) in [5.74, 6) is -1.23. The highest BCUT2D eigenvalue weighted by Crippen LogP contribution is 2.41. The Hall–Kier alpha value is -1.78. The van der Waals surface area contributed by atoms with Crippen LogP contribution in [-0.2, 0) is 9.59 Å². The summed E-state index contributed by atoms with van der Waals surface area (Å²) in [6.45, 7) is 11.9. The predicted octanol–water partition coefficient (Wildman–Crippen LogP) is 6.72. The number of halogens is 4. The van der Waals surface area contributed by atoms with Crippen LogP contribution < -0.4 is 5.32 Å². The molecule has 0 aromatic heterocycles. The zero-order chi connectivity index (χ0) is 28.6. The maximum atomic E-state index is 15.0. The van der Waals surface area contributed by atoms with Crippen molar-refractivity contribution < 1.29 is 18.4 Å². The van der Waals surface area contributed by atoms with Gasteiger partial charge in [0.15, 0.2) is 0 Å². The Morgan fingerprint density at radius 2 is 1.72 bits per heavy atom. The number of carbonyl (C=O) groups is 2. The summed E-state index contributed by atoms with van der Waals surface area (Å²) >= 11 is 8.14. The molecule has 0 radical (unpaired) electrons. The van der Waals surface area contributed by atoms with Gasteiger partial charge in [-0.3, -0.25) is 14.5 Å². The number of rotatable bonds is 5. The molecule has 2 heterocycles. The summed E-state index contributed by atoms with van der Waals surface area (Å²) in [7, 11) is 0. The third-order valence-corrected chi connectivity index (χ3v) is 9.38. The normalized spacial score (nSPS) is 21.7. The summed E-state index contributed by atoms with van der Waals surface area (Å²) in [5, 5.41) is 3.21. The maximum absolute atomic E-state index is 15.0. The second-order valence-corrected chi connectivity index (χ2v) is 13.5. The van der Waals surface area contributed by atoms with E-state index in [9.17, 15) is 14.0 Å². The molecule has 0 bridgehead atoms. The van der Waals surface area contributed by atoms with Gasteiger partial charge >= 0.3 is 0 Å². The lowest BCUT2D eigenvalue weighted by molar-refractivity contribution is -0.136. The quantitative estimate of drug-likeness (QED) is 0.218. The fraction of sp³-hybridized carbons (Fsp3) is 0.533. The number of hydrogen-bond acceptors (Lipinski definition) is 3. The fourth-order valence-corrected chi connectivity index (χ4v) is 7.05. The molecule has 2 aromatic rings. The van der Waals surface area contributed by atoms with Crippen molar-refractivity contribution in [3.63, 3.8) is 0 Å². The van der Waals surface area contributed by atoms with E-state index in [1.54, 1.807) is 19.1 Å². The van der Waals surface area contributed by atoms with Gasteiger partial charge < -0.3 is 10.2 Å². The van der Waals surface area contributed by atoms with Crippen LogP contribution in [0.4, 0.5) is 8.78 Å². The molecule has 5 nitrogen and oxygen atoms in total. The summed E-state index contributed by atoms with van der Waals surface area (Å²) in [6.07, 6.45) is 1.48. The molecule has 0 spiro atoms. The smallest absolute Gasteiger partial charge is 0.227 e. The van der Waals surface area contributed by atoms with Crippen LogP contribution in [0, 0.1) is 24.5 Å². The molecule has 2 fully saturated rings. The van der Waals surface area contributed by atoms with Crippen LogP contribution in [-0.4, -0.2) is 53.3 Å². The number of amides is 2. The lowest BCUT2D eigenvalue weighted by Gasteiger charge is -2.36. The Morgan fingerprint density at radius 1 is 1.05 bits per heavy atom. The van der Waals surface area contributed by atoms with Crippen LogP contribution >= 0.6 is 34.2 Å². The Balaban J connectivity index is 1.53. The van der Waals surface area contributed by atoms with Gasteiger partial charge in [0.05, 0.1) is 5.92 Å². The molecule has 2 aliphatic rings. The van der Waals surface area contributed by atoms with Crippen LogP contribution in [0.15, 0.2) is 30.3 Å². The molecule has 2 aromatic carbocycles. The van der Waals surface area contributed by atoms with Gasteiger partial charge in [0, 0.05) is 49.6 Å². The molecule has 0 saturated carbocycles. The van der Waals surface area contributed by atoms with E-state index in [1.807, 2.05) is 11.0 Å². The van der Waals surface area contributed by atoms with Gasteiger partial charge in [-0.25, -0.2) is 8.78 Å². The van der Waals surface area contributed by atoms with E-state index in [0.29, 0.717) is 42.3 Å². The zero-order valence-corrected chi connectivity index (χ0v) is 26.1. The third-order valence-electron chi connectivity index (χ3n) is 8.16. The monoisotopic (exact) mass is 671 g/mol. The van der Waals surface area contributed by atoms with Crippen LogP contribution in [0.1, 0.15) is 78.7 Å². The summed E-state index contributed by atoms with van der Waals surface area (Å²) < 4.78 is 29.2. The van der Waals surface area contributed by atoms with Crippen LogP contribution in [0.2, 0.25) is 5.02 Å². The lowest BCUT2D eigenvalue weighted by Crippen LogP contribution is -2.44. The highest BCUT2D eigenvalue weighted by molar-refractivity contribution is 14.1. The van der Waals surface area contributed by atoms with E-state index in [-0.39, 0.29) is 50.8 Å². The molecule has 1 N–H and O–H groups in total. The Kier molecular flexibility index (Phi) is 9.28. The molecule has 9 heteroatoms. The van der Waals surface area contributed by atoms with Gasteiger partial charge in [-0.05, 0) is 86.9 Å². The van der Waals surface area contributed by atoms with Crippen molar-refractivity contribution in [1.29, 1.82) is 0 Å². The molecule has 39 heavy (non-hydrogen) atoms. The molecule has 3 atom stereocenters. The molecule has 4 rings (SSSR count). The predicted molar refractivity (Wildman–Crippen MR) is 159 cm³/mol. The van der Waals surface area contributed by atoms with Gasteiger partial charge in [0.2, 0.25) is 11.8 Å². The molecule has 0 aliphatic carbocycles. The second kappa shape index (κ2) is 12.0. The average Bonchev–Trinajstić information content (AvgIpc) is 3.30.